The van der Waals surface area contributed by atoms with Crippen LogP contribution in [0.15, 0.2) is 36.9 Å². The maximum absolute atomic E-state index is 11.7. The van der Waals surface area contributed by atoms with Crippen molar-refractivity contribution in [2.24, 2.45) is 0 Å². The fourth-order valence-electron chi connectivity index (χ4n) is 2.32. The summed E-state index contributed by atoms with van der Waals surface area (Å²) in [5.74, 6) is 0.102. The van der Waals surface area contributed by atoms with Crippen LogP contribution >= 0.6 is 0 Å². The Morgan fingerprint density at radius 1 is 0.682 bits per heavy atom. The van der Waals surface area contributed by atoms with Crippen molar-refractivity contribution in [1.29, 1.82) is 0 Å². The van der Waals surface area contributed by atoms with Gasteiger partial charge in [0.15, 0.2) is 0 Å². The number of carbonyl (C=O) groups is 2. The standard InChI is InChI=1S/C16H22N4O2/c21-15(19-13-7-11-17-19)9-5-3-1-2-4-6-10-16(22)20-14-8-12-18-20/h7-8,11-14H,1-6,9-10H2. The van der Waals surface area contributed by atoms with Crippen LogP contribution in [0.4, 0.5) is 0 Å². The maximum atomic E-state index is 11.7. The molecule has 0 spiro atoms. The number of hydrogen-bond acceptors (Lipinski definition) is 4. The minimum Gasteiger partial charge on any atom is -0.273 e. The van der Waals surface area contributed by atoms with Crippen molar-refractivity contribution in [1.82, 2.24) is 19.6 Å². The van der Waals surface area contributed by atoms with Gasteiger partial charge in [-0.1, -0.05) is 25.7 Å². The van der Waals surface area contributed by atoms with Crippen LogP contribution in [0.2, 0.25) is 0 Å². The van der Waals surface area contributed by atoms with Crippen molar-refractivity contribution in [3.63, 3.8) is 0 Å². The average molecular weight is 302 g/mol. The zero-order valence-corrected chi connectivity index (χ0v) is 12.7. The molecule has 0 N–H and O–H groups in total. The lowest BCUT2D eigenvalue weighted by molar-refractivity contribution is 0.0873. The zero-order valence-electron chi connectivity index (χ0n) is 12.7. The predicted octanol–water partition coefficient (Wildman–Crippen LogP) is 3.18. The molecule has 2 rings (SSSR count). The van der Waals surface area contributed by atoms with Crippen molar-refractivity contribution < 1.29 is 9.59 Å². The predicted molar refractivity (Wildman–Crippen MR) is 82.6 cm³/mol. The van der Waals surface area contributed by atoms with E-state index in [9.17, 15) is 9.59 Å². The Morgan fingerprint density at radius 3 is 1.45 bits per heavy atom. The largest absolute Gasteiger partial charge is 0.273 e. The molecule has 2 aromatic heterocycles. The van der Waals surface area contributed by atoms with Gasteiger partial charge >= 0.3 is 0 Å². The van der Waals surface area contributed by atoms with Gasteiger partial charge in [0, 0.05) is 37.6 Å². The van der Waals surface area contributed by atoms with Gasteiger partial charge in [0.25, 0.3) is 0 Å². The minimum absolute atomic E-state index is 0.0508. The minimum atomic E-state index is 0.0508. The molecule has 0 aliphatic rings. The molecule has 0 amide bonds. The number of aromatic nitrogens is 4. The van der Waals surface area contributed by atoms with E-state index >= 15 is 0 Å². The van der Waals surface area contributed by atoms with Crippen LogP contribution < -0.4 is 0 Å². The van der Waals surface area contributed by atoms with Gasteiger partial charge in [0.05, 0.1) is 0 Å². The molecule has 0 fully saturated rings. The molecule has 0 aromatic carbocycles. The summed E-state index contributed by atoms with van der Waals surface area (Å²) in [5.41, 5.74) is 0. The summed E-state index contributed by atoms with van der Waals surface area (Å²) in [6.45, 7) is 0. The van der Waals surface area contributed by atoms with Gasteiger partial charge in [0.1, 0.15) is 0 Å². The summed E-state index contributed by atoms with van der Waals surface area (Å²) in [6, 6.07) is 3.50. The smallest absolute Gasteiger partial charge is 0.246 e. The quantitative estimate of drug-likeness (QED) is 0.667. The van der Waals surface area contributed by atoms with Gasteiger partial charge in [-0.05, 0) is 25.0 Å². The van der Waals surface area contributed by atoms with Crippen molar-refractivity contribution in [2.75, 3.05) is 0 Å². The van der Waals surface area contributed by atoms with Gasteiger partial charge in [-0.3, -0.25) is 9.59 Å². The van der Waals surface area contributed by atoms with Crippen LogP contribution in [0, 0.1) is 0 Å². The molecular weight excluding hydrogens is 280 g/mol. The Bertz CT molecular complexity index is 509. The fraction of sp³-hybridized carbons (Fsp3) is 0.500. The summed E-state index contributed by atoms with van der Waals surface area (Å²) >= 11 is 0. The van der Waals surface area contributed by atoms with E-state index in [-0.39, 0.29) is 11.8 Å². The summed E-state index contributed by atoms with van der Waals surface area (Å²) < 4.78 is 2.78. The highest BCUT2D eigenvalue weighted by Gasteiger charge is 2.05. The highest BCUT2D eigenvalue weighted by atomic mass is 16.2. The normalized spacial score (nSPS) is 10.7. The molecule has 0 radical (unpaired) electrons. The molecule has 2 heterocycles. The monoisotopic (exact) mass is 302 g/mol. The highest BCUT2D eigenvalue weighted by Crippen LogP contribution is 2.10. The first kappa shape index (κ1) is 16.1. The van der Waals surface area contributed by atoms with Crippen LogP contribution in [0.5, 0.6) is 0 Å². The number of hydrogen-bond donors (Lipinski definition) is 0. The Morgan fingerprint density at radius 2 is 1.09 bits per heavy atom. The molecule has 2 aromatic rings. The summed E-state index contributed by atoms with van der Waals surface area (Å²) in [4.78, 5) is 23.4. The number of unbranched alkanes of at least 4 members (excludes halogenated alkanes) is 5. The van der Waals surface area contributed by atoms with Gasteiger partial charge < -0.3 is 0 Å². The van der Waals surface area contributed by atoms with E-state index in [1.807, 2.05) is 0 Å². The van der Waals surface area contributed by atoms with Gasteiger partial charge in [-0.15, -0.1) is 0 Å². The van der Waals surface area contributed by atoms with Crippen molar-refractivity contribution in [3.8, 4) is 0 Å². The van der Waals surface area contributed by atoms with Crippen LogP contribution in [0.1, 0.15) is 61.0 Å². The first-order valence-electron chi connectivity index (χ1n) is 7.83. The Labute approximate surface area is 130 Å². The zero-order chi connectivity index (χ0) is 15.6. The van der Waals surface area contributed by atoms with E-state index in [2.05, 4.69) is 10.2 Å². The Hall–Kier alpha value is -2.24. The molecule has 22 heavy (non-hydrogen) atoms. The molecule has 0 aliphatic carbocycles. The molecule has 0 atom stereocenters. The molecule has 6 heteroatoms. The van der Waals surface area contributed by atoms with E-state index in [0.29, 0.717) is 12.8 Å². The number of nitrogens with zero attached hydrogens (tertiary/aromatic N) is 4. The van der Waals surface area contributed by atoms with Crippen LogP contribution in [0.3, 0.4) is 0 Å². The molecule has 0 unspecified atom stereocenters. The highest BCUT2D eigenvalue weighted by molar-refractivity contribution is 5.78. The fourth-order valence-corrected chi connectivity index (χ4v) is 2.32. The summed E-state index contributed by atoms with van der Waals surface area (Å²) in [5, 5.41) is 7.84. The first-order chi connectivity index (χ1) is 10.8. The van der Waals surface area contributed by atoms with Gasteiger partial charge in [-0.2, -0.15) is 10.2 Å². The van der Waals surface area contributed by atoms with E-state index < -0.39 is 0 Å². The SMILES string of the molecule is O=C(CCCCCCCCC(=O)n1cccn1)n1cccn1. The summed E-state index contributed by atoms with van der Waals surface area (Å²) in [6.07, 6.45) is 13.7. The second kappa shape index (κ2) is 8.92. The van der Waals surface area contributed by atoms with E-state index in [0.717, 1.165) is 38.5 Å². The van der Waals surface area contributed by atoms with Crippen LogP contribution in [-0.4, -0.2) is 31.4 Å². The molecule has 6 nitrogen and oxygen atoms in total. The van der Waals surface area contributed by atoms with Crippen LogP contribution in [-0.2, 0) is 0 Å². The summed E-state index contributed by atoms with van der Waals surface area (Å²) in [7, 11) is 0. The van der Waals surface area contributed by atoms with Gasteiger partial charge in [-0.25, -0.2) is 9.36 Å². The van der Waals surface area contributed by atoms with Crippen LogP contribution in [0.25, 0.3) is 0 Å². The van der Waals surface area contributed by atoms with E-state index in [1.165, 1.54) is 9.36 Å². The van der Waals surface area contributed by atoms with Crippen molar-refractivity contribution in [3.05, 3.63) is 36.9 Å². The number of carbonyl (C=O) groups excluding carboxylic acids is 2. The Balaban J connectivity index is 1.45. The number of rotatable bonds is 9. The second-order valence-electron chi connectivity index (χ2n) is 5.31. The maximum Gasteiger partial charge on any atom is 0.246 e. The lowest BCUT2D eigenvalue weighted by Crippen LogP contribution is -2.10. The molecular formula is C16H22N4O2. The average Bonchev–Trinajstić information content (AvgIpc) is 3.22. The molecule has 0 saturated carbocycles. The topological polar surface area (TPSA) is 69.8 Å². The Kier molecular flexibility index (Phi) is 6.54. The van der Waals surface area contributed by atoms with E-state index in [4.69, 9.17) is 0 Å². The molecule has 0 bridgehead atoms. The first-order valence-corrected chi connectivity index (χ1v) is 7.83. The van der Waals surface area contributed by atoms with Crippen molar-refractivity contribution in [2.45, 2.75) is 51.4 Å². The van der Waals surface area contributed by atoms with E-state index in [1.54, 1.807) is 36.9 Å². The third-order valence-corrected chi connectivity index (χ3v) is 3.55. The molecule has 118 valence electrons. The van der Waals surface area contributed by atoms with Crippen molar-refractivity contribution >= 4 is 11.8 Å². The molecule has 0 saturated heterocycles. The third kappa shape index (κ3) is 5.27. The lowest BCUT2D eigenvalue weighted by Gasteiger charge is -2.03. The van der Waals surface area contributed by atoms with Gasteiger partial charge in [0.2, 0.25) is 11.8 Å². The second-order valence-corrected chi connectivity index (χ2v) is 5.31. The third-order valence-electron chi connectivity index (χ3n) is 3.55. The lowest BCUT2D eigenvalue weighted by atomic mass is 10.1. The molecule has 0 aliphatic heterocycles.